The van der Waals surface area contributed by atoms with Crippen LogP contribution in [-0.4, -0.2) is 42.9 Å². The van der Waals surface area contributed by atoms with E-state index in [1.54, 1.807) is 0 Å². The zero-order chi connectivity index (χ0) is 21.1. The van der Waals surface area contributed by atoms with Gasteiger partial charge in [0.2, 0.25) is 5.91 Å². The van der Waals surface area contributed by atoms with Gasteiger partial charge in [0.05, 0.1) is 5.92 Å². The van der Waals surface area contributed by atoms with E-state index in [-0.39, 0.29) is 17.7 Å². The third-order valence-corrected chi connectivity index (χ3v) is 6.32. The first-order valence-corrected chi connectivity index (χ1v) is 11.0. The van der Waals surface area contributed by atoms with E-state index in [4.69, 9.17) is 0 Å². The van der Waals surface area contributed by atoms with Crippen molar-refractivity contribution in [1.29, 1.82) is 0 Å². The van der Waals surface area contributed by atoms with Crippen molar-refractivity contribution in [2.24, 2.45) is 5.92 Å². The van der Waals surface area contributed by atoms with Gasteiger partial charge < -0.3 is 15.1 Å². The summed E-state index contributed by atoms with van der Waals surface area (Å²) < 4.78 is 0. The maximum Gasteiger partial charge on any atom is 0.253 e. The van der Waals surface area contributed by atoms with Crippen LogP contribution in [0.4, 0.5) is 11.4 Å². The Bertz CT molecular complexity index is 916. The Balaban J connectivity index is 1.39. The number of piperidine rings is 1. The summed E-state index contributed by atoms with van der Waals surface area (Å²) in [5.41, 5.74) is 5.00. The molecule has 158 valence electrons. The Labute approximate surface area is 179 Å². The smallest absolute Gasteiger partial charge is 0.253 e. The maximum atomic E-state index is 13.0. The summed E-state index contributed by atoms with van der Waals surface area (Å²) >= 11 is 0. The van der Waals surface area contributed by atoms with E-state index in [9.17, 15) is 9.59 Å². The lowest BCUT2D eigenvalue weighted by Crippen LogP contribution is -2.43. The Hall–Kier alpha value is -2.82. The van der Waals surface area contributed by atoms with E-state index in [1.807, 2.05) is 49.1 Å². The van der Waals surface area contributed by atoms with Crippen LogP contribution in [-0.2, 0) is 4.79 Å². The second kappa shape index (κ2) is 8.90. The summed E-state index contributed by atoms with van der Waals surface area (Å²) in [6.07, 6.45) is 4.16. The Kier molecular flexibility index (Phi) is 6.07. The van der Waals surface area contributed by atoms with Gasteiger partial charge in [-0.05, 0) is 75.4 Å². The number of anilines is 2. The van der Waals surface area contributed by atoms with Gasteiger partial charge in [-0.15, -0.1) is 0 Å². The van der Waals surface area contributed by atoms with Crippen LogP contribution in [0.5, 0.6) is 0 Å². The fraction of sp³-hybridized carbons (Fsp3) is 0.440. The largest absolute Gasteiger partial charge is 0.372 e. The highest BCUT2D eigenvalue weighted by atomic mass is 16.2. The number of hydrogen-bond acceptors (Lipinski definition) is 3. The number of carbonyl (C=O) groups is 2. The highest BCUT2D eigenvalue weighted by molar-refractivity contribution is 5.96. The predicted octanol–water partition coefficient (Wildman–Crippen LogP) is 4.39. The van der Waals surface area contributed by atoms with Crippen LogP contribution < -0.4 is 10.2 Å². The SMILES string of the molecule is Cc1ccc(C(=O)N2CCCC(C(=O)Nc3ccc(N4CCCC4)cc3C)C2)cc1. The summed E-state index contributed by atoms with van der Waals surface area (Å²) in [4.78, 5) is 30.0. The van der Waals surface area contributed by atoms with Gasteiger partial charge in [-0.25, -0.2) is 0 Å². The van der Waals surface area contributed by atoms with Gasteiger partial charge in [0.15, 0.2) is 0 Å². The summed E-state index contributed by atoms with van der Waals surface area (Å²) in [6.45, 7) is 7.46. The third kappa shape index (κ3) is 4.50. The average Bonchev–Trinajstić information content (AvgIpc) is 3.30. The summed E-state index contributed by atoms with van der Waals surface area (Å²) in [6, 6.07) is 13.9. The number of carbonyl (C=O) groups excluding carboxylic acids is 2. The van der Waals surface area contributed by atoms with E-state index >= 15 is 0 Å². The number of hydrogen-bond donors (Lipinski definition) is 1. The number of aryl methyl sites for hydroxylation is 2. The van der Waals surface area contributed by atoms with Gasteiger partial charge in [0.25, 0.3) is 5.91 Å². The minimum Gasteiger partial charge on any atom is -0.372 e. The average molecular weight is 406 g/mol. The van der Waals surface area contributed by atoms with Crippen molar-refractivity contribution >= 4 is 23.2 Å². The summed E-state index contributed by atoms with van der Waals surface area (Å²) in [5, 5.41) is 3.11. The first kappa shape index (κ1) is 20.5. The van der Waals surface area contributed by atoms with Gasteiger partial charge in [-0.3, -0.25) is 9.59 Å². The zero-order valence-corrected chi connectivity index (χ0v) is 18.0. The van der Waals surface area contributed by atoms with Crippen molar-refractivity contribution in [1.82, 2.24) is 4.90 Å². The standard InChI is InChI=1S/C25H31N3O2/c1-18-7-9-20(10-8-18)25(30)28-15-5-6-21(17-28)24(29)26-23-12-11-22(16-19(23)2)27-13-3-4-14-27/h7-12,16,21H,3-6,13-15,17H2,1-2H3,(H,26,29). The van der Waals surface area contributed by atoms with Crippen molar-refractivity contribution in [3.8, 4) is 0 Å². The number of benzene rings is 2. The molecule has 0 aromatic heterocycles. The maximum absolute atomic E-state index is 13.0. The van der Waals surface area contributed by atoms with Gasteiger partial charge >= 0.3 is 0 Å². The van der Waals surface area contributed by atoms with E-state index in [0.29, 0.717) is 18.7 Å². The van der Waals surface area contributed by atoms with E-state index < -0.39 is 0 Å². The molecule has 5 heteroatoms. The molecule has 2 aromatic rings. The lowest BCUT2D eigenvalue weighted by atomic mass is 9.96. The Morgan fingerprint density at radius 3 is 2.37 bits per heavy atom. The summed E-state index contributed by atoms with van der Waals surface area (Å²) in [5.74, 6) is -0.155. The predicted molar refractivity (Wildman–Crippen MR) is 121 cm³/mol. The van der Waals surface area contributed by atoms with E-state index in [2.05, 4.69) is 22.3 Å². The minimum absolute atomic E-state index is 0.00780. The van der Waals surface area contributed by atoms with Gasteiger partial charge in [0, 0.05) is 43.1 Å². The number of amides is 2. The molecule has 2 fully saturated rings. The number of nitrogens with one attached hydrogen (secondary N) is 1. The summed E-state index contributed by atoms with van der Waals surface area (Å²) in [7, 11) is 0. The Morgan fingerprint density at radius 2 is 1.67 bits per heavy atom. The highest BCUT2D eigenvalue weighted by Crippen LogP contribution is 2.27. The number of nitrogens with zero attached hydrogens (tertiary/aromatic N) is 2. The van der Waals surface area contributed by atoms with Crippen LogP contribution in [0.3, 0.4) is 0 Å². The molecule has 2 aliphatic heterocycles. The van der Waals surface area contributed by atoms with Crippen LogP contribution in [0, 0.1) is 19.8 Å². The van der Waals surface area contributed by atoms with Crippen LogP contribution >= 0.6 is 0 Å². The molecular formula is C25H31N3O2. The molecule has 1 atom stereocenters. The quantitative estimate of drug-likeness (QED) is 0.821. The molecule has 0 aliphatic carbocycles. The molecule has 2 aliphatic rings. The van der Waals surface area contributed by atoms with Gasteiger partial charge in [-0.2, -0.15) is 0 Å². The molecular weight excluding hydrogens is 374 g/mol. The molecule has 2 heterocycles. The lowest BCUT2D eigenvalue weighted by molar-refractivity contribution is -0.121. The first-order valence-electron chi connectivity index (χ1n) is 11.0. The highest BCUT2D eigenvalue weighted by Gasteiger charge is 2.29. The van der Waals surface area contributed by atoms with Crippen LogP contribution in [0.2, 0.25) is 0 Å². The van der Waals surface area contributed by atoms with Gasteiger partial charge in [0.1, 0.15) is 0 Å². The van der Waals surface area contributed by atoms with Gasteiger partial charge in [-0.1, -0.05) is 17.7 Å². The van der Waals surface area contributed by atoms with Crippen LogP contribution in [0.1, 0.15) is 47.2 Å². The molecule has 2 aromatic carbocycles. The van der Waals surface area contributed by atoms with Crippen LogP contribution in [0.15, 0.2) is 42.5 Å². The molecule has 2 amide bonds. The van der Waals surface area contributed by atoms with Crippen molar-refractivity contribution < 1.29 is 9.59 Å². The fourth-order valence-electron chi connectivity index (χ4n) is 4.45. The Morgan fingerprint density at radius 1 is 0.933 bits per heavy atom. The molecule has 4 rings (SSSR count). The normalized spacial score (nSPS) is 19.1. The molecule has 30 heavy (non-hydrogen) atoms. The molecule has 0 radical (unpaired) electrons. The molecule has 1 unspecified atom stereocenters. The molecule has 0 spiro atoms. The minimum atomic E-state index is -0.175. The topological polar surface area (TPSA) is 52.7 Å². The van der Waals surface area contributed by atoms with Crippen LogP contribution in [0.25, 0.3) is 0 Å². The fourth-order valence-corrected chi connectivity index (χ4v) is 4.45. The molecule has 1 N–H and O–H groups in total. The monoisotopic (exact) mass is 405 g/mol. The van der Waals surface area contributed by atoms with Crippen molar-refractivity contribution in [2.45, 2.75) is 39.5 Å². The molecule has 2 saturated heterocycles. The van der Waals surface area contributed by atoms with Crippen molar-refractivity contribution in [2.75, 3.05) is 36.4 Å². The number of likely N-dealkylation sites (tertiary alicyclic amines) is 1. The van der Waals surface area contributed by atoms with Crippen molar-refractivity contribution in [3.63, 3.8) is 0 Å². The van der Waals surface area contributed by atoms with Crippen molar-refractivity contribution in [3.05, 3.63) is 59.2 Å². The van der Waals surface area contributed by atoms with E-state index in [0.717, 1.165) is 42.7 Å². The molecule has 0 saturated carbocycles. The second-order valence-corrected chi connectivity index (χ2v) is 8.64. The number of rotatable bonds is 4. The zero-order valence-electron chi connectivity index (χ0n) is 18.0. The lowest BCUT2D eigenvalue weighted by Gasteiger charge is -2.32. The molecule has 5 nitrogen and oxygen atoms in total. The third-order valence-electron chi connectivity index (χ3n) is 6.32. The molecule has 0 bridgehead atoms. The first-order chi connectivity index (χ1) is 14.5. The van der Waals surface area contributed by atoms with E-state index in [1.165, 1.54) is 18.5 Å². The second-order valence-electron chi connectivity index (χ2n) is 8.64.